The molecule has 150 valence electrons. The molecule has 2 heterocycles. The van der Waals surface area contributed by atoms with Crippen molar-refractivity contribution in [1.82, 2.24) is 19.9 Å². The van der Waals surface area contributed by atoms with Gasteiger partial charge >= 0.3 is 0 Å². The van der Waals surface area contributed by atoms with Crippen molar-refractivity contribution in [2.75, 3.05) is 26.0 Å². The summed E-state index contributed by atoms with van der Waals surface area (Å²) in [6.45, 7) is 3.70. The highest BCUT2D eigenvalue weighted by Crippen LogP contribution is 2.31. The molecule has 0 saturated carbocycles. The van der Waals surface area contributed by atoms with Crippen molar-refractivity contribution in [2.45, 2.75) is 39.2 Å². The number of nitrogens with zero attached hydrogens (tertiary/aromatic N) is 3. The summed E-state index contributed by atoms with van der Waals surface area (Å²) >= 11 is 3.50. The summed E-state index contributed by atoms with van der Waals surface area (Å²) in [5, 5.41) is 3.91. The smallest absolute Gasteiger partial charge is 0.245 e. The summed E-state index contributed by atoms with van der Waals surface area (Å²) in [5.41, 5.74) is 8.90. The summed E-state index contributed by atoms with van der Waals surface area (Å²) in [6.07, 6.45) is 3.70. The monoisotopic (exact) mass is 447 g/mol. The van der Waals surface area contributed by atoms with Gasteiger partial charge in [-0.05, 0) is 37.5 Å². The predicted octanol–water partition coefficient (Wildman–Crippen LogP) is 3.42. The van der Waals surface area contributed by atoms with Gasteiger partial charge in [0, 0.05) is 36.5 Å². The van der Waals surface area contributed by atoms with E-state index in [2.05, 4.69) is 43.8 Å². The number of nitrogen functional groups attached to an aromatic ring is 1. The normalized spacial score (nSPS) is 11.4. The molecule has 2 aromatic heterocycles. The SMILES string of the molecule is CCCc1nc2c(N)nc3cc(Br)ccc3c2n1CCCCNC(=O)COC. The Balaban J connectivity index is 1.88. The molecule has 0 spiro atoms. The summed E-state index contributed by atoms with van der Waals surface area (Å²) in [5.74, 6) is 1.41. The number of nitrogens with two attached hydrogens (primary N) is 1. The van der Waals surface area contributed by atoms with E-state index in [1.807, 2.05) is 12.1 Å². The van der Waals surface area contributed by atoms with Crippen LogP contribution in [0.25, 0.3) is 21.9 Å². The van der Waals surface area contributed by atoms with Gasteiger partial charge in [-0.3, -0.25) is 4.79 Å². The van der Waals surface area contributed by atoms with Crippen molar-refractivity contribution in [3.8, 4) is 0 Å². The van der Waals surface area contributed by atoms with Crippen LogP contribution < -0.4 is 11.1 Å². The standard InChI is InChI=1S/C20H26BrN5O2/c1-3-6-16-25-18-19(14-8-7-13(21)11-15(14)24-20(18)22)26(16)10-5-4-9-23-17(27)12-28-2/h7-8,11H,3-6,9-10,12H2,1-2H3,(H2,22,24)(H,23,27). The van der Waals surface area contributed by atoms with E-state index in [0.717, 1.165) is 64.5 Å². The molecule has 0 atom stereocenters. The van der Waals surface area contributed by atoms with Crippen LogP contribution in [0.2, 0.25) is 0 Å². The van der Waals surface area contributed by atoms with Crippen molar-refractivity contribution in [3.63, 3.8) is 0 Å². The number of benzene rings is 1. The first-order valence-electron chi connectivity index (χ1n) is 9.54. The van der Waals surface area contributed by atoms with Gasteiger partial charge in [0.15, 0.2) is 5.82 Å². The number of hydrogen-bond acceptors (Lipinski definition) is 5. The average molecular weight is 448 g/mol. The molecule has 1 aromatic carbocycles. The van der Waals surface area contributed by atoms with Gasteiger partial charge < -0.3 is 20.4 Å². The third-order valence-electron chi connectivity index (χ3n) is 4.62. The molecule has 1 amide bonds. The first kappa shape index (κ1) is 20.5. The molecule has 0 aliphatic heterocycles. The van der Waals surface area contributed by atoms with E-state index in [1.165, 1.54) is 7.11 Å². The number of hydrogen-bond donors (Lipinski definition) is 2. The Bertz CT molecular complexity index is 986. The number of amides is 1. The van der Waals surface area contributed by atoms with Crippen LogP contribution in [0, 0.1) is 0 Å². The Hall–Kier alpha value is -2.19. The van der Waals surface area contributed by atoms with Crippen LogP contribution in [-0.2, 0) is 22.5 Å². The average Bonchev–Trinajstić information content (AvgIpc) is 3.01. The Kier molecular flexibility index (Phi) is 6.85. The topological polar surface area (TPSA) is 95.1 Å². The molecule has 3 aromatic rings. The zero-order valence-corrected chi connectivity index (χ0v) is 17.9. The molecule has 0 saturated heterocycles. The molecule has 7 nitrogen and oxygen atoms in total. The number of carbonyl (C=O) groups is 1. The summed E-state index contributed by atoms with van der Waals surface area (Å²) < 4.78 is 8.06. The highest BCUT2D eigenvalue weighted by Gasteiger charge is 2.17. The lowest BCUT2D eigenvalue weighted by molar-refractivity contribution is -0.124. The highest BCUT2D eigenvalue weighted by molar-refractivity contribution is 9.10. The van der Waals surface area contributed by atoms with E-state index >= 15 is 0 Å². The maximum Gasteiger partial charge on any atom is 0.245 e. The maximum atomic E-state index is 11.5. The third kappa shape index (κ3) is 4.44. The molecule has 0 radical (unpaired) electrons. The van der Waals surface area contributed by atoms with E-state index < -0.39 is 0 Å². The largest absolute Gasteiger partial charge is 0.382 e. The number of methoxy groups -OCH3 is 1. The van der Waals surface area contributed by atoms with E-state index in [-0.39, 0.29) is 12.5 Å². The van der Waals surface area contributed by atoms with Gasteiger partial charge in [-0.2, -0.15) is 0 Å². The molecule has 0 aliphatic carbocycles. The lowest BCUT2D eigenvalue weighted by Crippen LogP contribution is -2.28. The van der Waals surface area contributed by atoms with Gasteiger partial charge in [-0.1, -0.05) is 22.9 Å². The number of pyridine rings is 1. The van der Waals surface area contributed by atoms with Crippen molar-refractivity contribution >= 4 is 49.6 Å². The third-order valence-corrected chi connectivity index (χ3v) is 5.12. The molecular formula is C20H26BrN5O2. The molecule has 0 bridgehead atoms. The van der Waals surface area contributed by atoms with Crippen molar-refractivity contribution in [2.24, 2.45) is 0 Å². The Morgan fingerprint density at radius 1 is 1.32 bits per heavy atom. The first-order valence-corrected chi connectivity index (χ1v) is 10.3. The van der Waals surface area contributed by atoms with Crippen molar-refractivity contribution in [1.29, 1.82) is 0 Å². The van der Waals surface area contributed by atoms with Crippen LogP contribution >= 0.6 is 15.9 Å². The van der Waals surface area contributed by atoms with Crippen LogP contribution in [-0.4, -0.2) is 40.7 Å². The fraction of sp³-hybridized carbons (Fsp3) is 0.450. The van der Waals surface area contributed by atoms with E-state index in [9.17, 15) is 4.79 Å². The van der Waals surface area contributed by atoms with Gasteiger partial charge in [0.05, 0.1) is 11.0 Å². The van der Waals surface area contributed by atoms with Crippen molar-refractivity contribution < 1.29 is 9.53 Å². The molecule has 3 N–H and O–H groups in total. The van der Waals surface area contributed by atoms with Gasteiger partial charge in [0.1, 0.15) is 17.9 Å². The zero-order valence-electron chi connectivity index (χ0n) is 16.3. The molecule has 3 rings (SSSR count). The number of carbonyl (C=O) groups excluding carboxylic acids is 1. The van der Waals surface area contributed by atoms with Crippen LogP contribution in [0.5, 0.6) is 0 Å². The van der Waals surface area contributed by atoms with Gasteiger partial charge in [0.25, 0.3) is 0 Å². The summed E-state index contributed by atoms with van der Waals surface area (Å²) in [7, 11) is 1.52. The lowest BCUT2D eigenvalue weighted by atomic mass is 10.2. The lowest BCUT2D eigenvalue weighted by Gasteiger charge is -2.11. The van der Waals surface area contributed by atoms with E-state index in [0.29, 0.717) is 12.4 Å². The second kappa shape index (κ2) is 9.34. The number of halogens is 1. The Labute approximate surface area is 172 Å². The molecule has 28 heavy (non-hydrogen) atoms. The van der Waals surface area contributed by atoms with Crippen molar-refractivity contribution in [3.05, 3.63) is 28.5 Å². The first-order chi connectivity index (χ1) is 13.5. The number of unbranched alkanes of at least 4 members (excludes halogenated alkanes) is 1. The second-order valence-corrected chi connectivity index (χ2v) is 7.69. The minimum atomic E-state index is -0.0855. The van der Waals surface area contributed by atoms with Gasteiger partial charge in [-0.15, -0.1) is 0 Å². The minimum absolute atomic E-state index is 0.0855. The Morgan fingerprint density at radius 3 is 2.89 bits per heavy atom. The van der Waals surface area contributed by atoms with Crippen LogP contribution in [0.15, 0.2) is 22.7 Å². The number of aryl methyl sites for hydroxylation is 2. The Morgan fingerprint density at radius 2 is 2.14 bits per heavy atom. The number of fused-ring (bicyclic) bond motifs is 3. The molecular weight excluding hydrogens is 422 g/mol. The molecule has 8 heteroatoms. The number of anilines is 1. The van der Waals surface area contributed by atoms with E-state index in [4.69, 9.17) is 15.5 Å². The maximum absolute atomic E-state index is 11.5. The fourth-order valence-corrected chi connectivity index (χ4v) is 3.74. The summed E-state index contributed by atoms with van der Waals surface area (Å²) in [6, 6.07) is 6.06. The predicted molar refractivity (Wildman–Crippen MR) is 115 cm³/mol. The van der Waals surface area contributed by atoms with Crippen LogP contribution in [0.3, 0.4) is 0 Å². The van der Waals surface area contributed by atoms with E-state index in [1.54, 1.807) is 0 Å². The summed E-state index contributed by atoms with van der Waals surface area (Å²) in [4.78, 5) is 20.8. The number of ether oxygens (including phenoxy) is 1. The molecule has 0 unspecified atom stereocenters. The minimum Gasteiger partial charge on any atom is -0.382 e. The quantitative estimate of drug-likeness (QED) is 0.489. The number of imidazole rings is 1. The number of aromatic nitrogens is 3. The second-order valence-electron chi connectivity index (χ2n) is 6.78. The van der Waals surface area contributed by atoms with Crippen LogP contribution in [0.1, 0.15) is 32.0 Å². The van der Waals surface area contributed by atoms with Gasteiger partial charge in [0.2, 0.25) is 5.91 Å². The number of rotatable bonds is 9. The van der Waals surface area contributed by atoms with Gasteiger partial charge in [-0.25, -0.2) is 9.97 Å². The highest BCUT2D eigenvalue weighted by atomic mass is 79.9. The molecule has 0 aliphatic rings. The molecule has 0 fully saturated rings. The zero-order chi connectivity index (χ0) is 20.1. The fourth-order valence-electron chi connectivity index (χ4n) is 3.39. The number of nitrogens with one attached hydrogen (secondary N) is 1. The van der Waals surface area contributed by atoms with Crippen LogP contribution in [0.4, 0.5) is 5.82 Å².